The van der Waals surface area contributed by atoms with Gasteiger partial charge in [-0.2, -0.15) is 0 Å². The maximum Gasteiger partial charge on any atom is 0.315 e. The molecular formula is C25H30ClN5OS. The summed E-state index contributed by atoms with van der Waals surface area (Å²) in [5.74, 6) is 1.45. The molecule has 1 aliphatic rings. The van der Waals surface area contributed by atoms with E-state index in [9.17, 15) is 4.79 Å². The average Bonchev–Trinajstić information content (AvgIpc) is 3.22. The Kier molecular flexibility index (Phi) is 7.93. The van der Waals surface area contributed by atoms with Crippen LogP contribution in [0.4, 0.5) is 4.79 Å². The van der Waals surface area contributed by atoms with Gasteiger partial charge in [-0.25, -0.2) is 4.79 Å². The molecule has 2 aromatic carbocycles. The van der Waals surface area contributed by atoms with Gasteiger partial charge < -0.3 is 10.6 Å². The highest BCUT2D eigenvalue weighted by Gasteiger charge is 2.19. The number of halogens is 1. The standard InChI is InChI=1S/C25H30ClN5OS/c1-17-8-6-7-9-19(17)16-33-25-30-29-23(31(25)22-14-20(26)13-12-18(22)2)15-27-24(32)28-21-10-4-3-5-11-21/h6-9,12-14,21H,3-5,10-11,15-16H2,1-2H3,(H2,27,28,32). The average molecular weight is 484 g/mol. The molecule has 0 atom stereocenters. The first-order valence-electron chi connectivity index (χ1n) is 11.4. The molecule has 0 aliphatic heterocycles. The number of urea groups is 1. The zero-order chi connectivity index (χ0) is 23.2. The lowest BCUT2D eigenvalue weighted by Crippen LogP contribution is -2.42. The molecule has 0 spiro atoms. The Bertz CT molecular complexity index is 1110. The predicted octanol–water partition coefficient (Wildman–Crippen LogP) is 5.96. The van der Waals surface area contributed by atoms with Gasteiger partial charge in [0.2, 0.25) is 0 Å². The van der Waals surface area contributed by atoms with Gasteiger partial charge in [-0.1, -0.05) is 73.0 Å². The number of carbonyl (C=O) groups excluding carboxylic acids is 1. The molecule has 1 aromatic heterocycles. The van der Waals surface area contributed by atoms with Crippen molar-refractivity contribution < 1.29 is 4.79 Å². The minimum absolute atomic E-state index is 0.159. The van der Waals surface area contributed by atoms with Crippen molar-refractivity contribution in [2.45, 2.75) is 69.4 Å². The number of aryl methyl sites for hydroxylation is 2. The molecule has 33 heavy (non-hydrogen) atoms. The predicted molar refractivity (Wildman–Crippen MR) is 134 cm³/mol. The van der Waals surface area contributed by atoms with Crippen LogP contribution < -0.4 is 10.6 Å². The lowest BCUT2D eigenvalue weighted by molar-refractivity contribution is 0.232. The third-order valence-corrected chi connectivity index (χ3v) is 7.29. The Morgan fingerprint density at radius 2 is 1.88 bits per heavy atom. The largest absolute Gasteiger partial charge is 0.335 e. The number of hydrogen-bond acceptors (Lipinski definition) is 4. The van der Waals surface area contributed by atoms with Crippen molar-refractivity contribution in [1.82, 2.24) is 25.4 Å². The monoisotopic (exact) mass is 483 g/mol. The third kappa shape index (κ3) is 6.09. The first kappa shape index (κ1) is 23.6. The van der Waals surface area contributed by atoms with Crippen LogP contribution in [0.2, 0.25) is 5.02 Å². The lowest BCUT2D eigenvalue weighted by Gasteiger charge is -2.22. The fraction of sp³-hybridized carbons (Fsp3) is 0.400. The van der Waals surface area contributed by atoms with Crippen molar-refractivity contribution in [3.63, 3.8) is 0 Å². The van der Waals surface area contributed by atoms with Gasteiger partial charge in [0.1, 0.15) is 0 Å². The maximum atomic E-state index is 12.5. The van der Waals surface area contributed by atoms with Crippen molar-refractivity contribution >= 4 is 29.4 Å². The number of amides is 2. The van der Waals surface area contributed by atoms with Gasteiger partial charge in [0.05, 0.1) is 12.2 Å². The molecule has 8 heteroatoms. The fourth-order valence-corrected chi connectivity index (χ4v) is 5.34. The highest BCUT2D eigenvalue weighted by atomic mass is 35.5. The molecule has 6 nitrogen and oxygen atoms in total. The van der Waals surface area contributed by atoms with Gasteiger partial charge in [-0.3, -0.25) is 4.57 Å². The highest BCUT2D eigenvalue weighted by Crippen LogP contribution is 2.29. The van der Waals surface area contributed by atoms with Crippen LogP contribution in [0.5, 0.6) is 0 Å². The van der Waals surface area contributed by atoms with Crippen molar-refractivity contribution in [1.29, 1.82) is 0 Å². The molecule has 0 bridgehead atoms. The summed E-state index contributed by atoms with van der Waals surface area (Å²) in [5.41, 5.74) is 4.48. The van der Waals surface area contributed by atoms with Crippen molar-refractivity contribution in [2.24, 2.45) is 0 Å². The maximum absolute atomic E-state index is 12.5. The van der Waals surface area contributed by atoms with E-state index in [2.05, 4.69) is 46.0 Å². The minimum atomic E-state index is -0.159. The molecule has 0 unspecified atom stereocenters. The van der Waals surface area contributed by atoms with Crippen LogP contribution in [0.3, 0.4) is 0 Å². The molecule has 1 fully saturated rings. The minimum Gasteiger partial charge on any atom is -0.335 e. The number of aromatic nitrogens is 3. The summed E-state index contributed by atoms with van der Waals surface area (Å²) in [6.45, 7) is 4.43. The number of hydrogen-bond donors (Lipinski definition) is 2. The number of benzene rings is 2. The first-order valence-corrected chi connectivity index (χ1v) is 12.8. The van der Waals surface area contributed by atoms with Gasteiger partial charge in [-0.05, 0) is 55.5 Å². The molecule has 1 saturated carbocycles. The van der Waals surface area contributed by atoms with E-state index in [1.54, 1.807) is 11.8 Å². The molecule has 174 valence electrons. The zero-order valence-electron chi connectivity index (χ0n) is 19.1. The van der Waals surface area contributed by atoms with Crippen LogP contribution in [-0.2, 0) is 12.3 Å². The van der Waals surface area contributed by atoms with Gasteiger partial charge in [0.25, 0.3) is 0 Å². The molecule has 3 aromatic rings. The summed E-state index contributed by atoms with van der Waals surface area (Å²) in [5, 5.41) is 16.4. The topological polar surface area (TPSA) is 71.8 Å². The number of thioether (sulfide) groups is 1. The Morgan fingerprint density at radius 1 is 1.09 bits per heavy atom. The summed E-state index contributed by atoms with van der Waals surface area (Å²) in [7, 11) is 0. The molecule has 1 aliphatic carbocycles. The van der Waals surface area contributed by atoms with E-state index in [0.717, 1.165) is 35.0 Å². The zero-order valence-corrected chi connectivity index (χ0v) is 20.7. The van der Waals surface area contributed by atoms with Crippen molar-refractivity contribution in [2.75, 3.05) is 0 Å². The van der Waals surface area contributed by atoms with Crippen LogP contribution in [-0.4, -0.2) is 26.8 Å². The summed E-state index contributed by atoms with van der Waals surface area (Å²) in [4.78, 5) is 12.5. The fourth-order valence-electron chi connectivity index (χ4n) is 4.13. The second-order valence-corrected chi connectivity index (χ2v) is 9.92. The van der Waals surface area contributed by atoms with Gasteiger partial charge in [0, 0.05) is 16.8 Å². The second-order valence-electron chi connectivity index (χ2n) is 8.54. The third-order valence-electron chi connectivity index (χ3n) is 6.08. The van der Waals surface area contributed by atoms with Crippen LogP contribution >= 0.6 is 23.4 Å². The van der Waals surface area contributed by atoms with E-state index >= 15 is 0 Å². The van der Waals surface area contributed by atoms with Crippen molar-refractivity contribution in [3.8, 4) is 5.69 Å². The second kappa shape index (κ2) is 11.1. The summed E-state index contributed by atoms with van der Waals surface area (Å²) < 4.78 is 2.01. The Balaban J connectivity index is 1.54. The summed E-state index contributed by atoms with van der Waals surface area (Å²) in [6, 6.07) is 14.2. The molecule has 0 saturated heterocycles. The van der Waals surface area contributed by atoms with Gasteiger partial charge >= 0.3 is 6.03 Å². The first-order chi connectivity index (χ1) is 16.0. The number of rotatable bonds is 7. The van der Waals surface area contributed by atoms with Crippen LogP contribution in [0.25, 0.3) is 5.69 Å². The smallest absolute Gasteiger partial charge is 0.315 e. The number of carbonyl (C=O) groups is 1. The van der Waals surface area contributed by atoms with E-state index in [1.165, 1.54) is 30.4 Å². The summed E-state index contributed by atoms with van der Waals surface area (Å²) in [6.07, 6.45) is 5.70. The molecule has 1 heterocycles. The lowest BCUT2D eigenvalue weighted by atomic mass is 9.96. The number of nitrogens with zero attached hydrogens (tertiary/aromatic N) is 3. The highest BCUT2D eigenvalue weighted by molar-refractivity contribution is 7.98. The molecule has 4 rings (SSSR count). The van der Waals surface area contributed by atoms with E-state index in [-0.39, 0.29) is 18.6 Å². The molecule has 2 amide bonds. The molecule has 0 radical (unpaired) electrons. The van der Waals surface area contributed by atoms with Crippen LogP contribution in [0.1, 0.15) is 54.6 Å². The Morgan fingerprint density at radius 3 is 2.67 bits per heavy atom. The molecular weight excluding hydrogens is 454 g/mol. The van der Waals surface area contributed by atoms with Gasteiger partial charge in [-0.15, -0.1) is 10.2 Å². The Labute approximate surface area is 204 Å². The van der Waals surface area contributed by atoms with E-state index in [0.29, 0.717) is 10.8 Å². The van der Waals surface area contributed by atoms with E-state index < -0.39 is 0 Å². The van der Waals surface area contributed by atoms with Crippen molar-refractivity contribution in [3.05, 3.63) is 70.0 Å². The van der Waals surface area contributed by atoms with Crippen LogP contribution in [0.15, 0.2) is 47.6 Å². The Hall–Kier alpha value is -2.51. The molecule has 2 N–H and O–H groups in total. The number of nitrogens with one attached hydrogen (secondary N) is 2. The van der Waals surface area contributed by atoms with Gasteiger partial charge in [0.15, 0.2) is 11.0 Å². The van der Waals surface area contributed by atoms with Crippen LogP contribution in [0, 0.1) is 13.8 Å². The summed E-state index contributed by atoms with van der Waals surface area (Å²) >= 11 is 7.95. The van der Waals surface area contributed by atoms with E-state index in [4.69, 9.17) is 11.6 Å². The van der Waals surface area contributed by atoms with E-state index in [1.807, 2.05) is 35.8 Å². The SMILES string of the molecule is Cc1ccccc1CSc1nnc(CNC(=O)NC2CCCCC2)n1-c1cc(Cl)ccc1C. The normalized spacial score (nSPS) is 14.3. The quantitative estimate of drug-likeness (QED) is 0.406.